The summed E-state index contributed by atoms with van der Waals surface area (Å²) < 4.78 is 0. The van der Waals surface area contributed by atoms with Gasteiger partial charge in [0.05, 0.1) is 33.2 Å². The van der Waals surface area contributed by atoms with Crippen molar-refractivity contribution in [2.75, 3.05) is 39.3 Å². The molecule has 0 heterocycles. The van der Waals surface area contributed by atoms with Gasteiger partial charge in [-0.3, -0.25) is 20.6 Å². The summed E-state index contributed by atoms with van der Waals surface area (Å²) in [5.74, 6) is 2.22. The Morgan fingerprint density at radius 1 is 0.509 bits per heavy atom. The Labute approximate surface area is 357 Å². The number of hydrogen-bond donors (Lipinski definition) is 4. The van der Waals surface area contributed by atoms with Crippen LogP contribution >= 0.6 is 58.8 Å². The van der Waals surface area contributed by atoms with Crippen molar-refractivity contribution < 1.29 is 0 Å². The maximum Gasteiger partial charge on any atom is 0.200 e. The molecule has 0 aliphatic rings. The van der Waals surface area contributed by atoms with Crippen molar-refractivity contribution in [2.45, 2.75) is 118 Å². The van der Waals surface area contributed by atoms with Crippen LogP contribution in [-0.4, -0.2) is 72.9 Å². The molecule has 2 aromatic carbocycles. The summed E-state index contributed by atoms with van der Waals surface area (Å²) in [6, 6.07) is 11.0. The number of halogens is 5. The van der Waals surface area contributed by atoms with Gasteiger partial charge < -0.3 is 21.3 Å². The van der Waals surface area contributed by atoms with E-state index in [1.165, 1.54) is 0 Å². The summed E-state index contributed by atoms with van der Waals surface area (Å²) in [7, 11) is 0. The van der Waals surface area contributed by atoms with Gasteiger partial charge in [-0.2, -0.15) is 0 Å². The van der Waals surface area contributed by atoms with Crippen LogP contribution in [0.3, 0.4) is 0 Å². The van der Waals surface area contributed by atoms with Crippen molar-refractivity contribution in [1.29, 1.82) is 0 Å². The predicted octanol–water partition coefficient (Wildman–Crippen LogP) is 10.3. The van der Waals surface area contributed by atoms with Crippen LogP contribution in [0.4, 0.5) is 0 Å². The maximum absolute atomic E-state index is 6.38. The van der Waals surface area contributed by atoms with Gasteiger partial charge in [-0.15, -0.1) is 12.4 Å². The van der Waals surface area contributed by atoms with Crippen molar-refractivity contribution in [3.63, 3.8) is 0 Å². The van der Waals surface area contributed by atoms with Gasteiger partial charge in [-0.25, -0.2) is 9.98 Å². The standard InChI is InChI=1S/C40H64Cl4N10.ClH/c1-5-9-23-53(24-10-6-2)39(51-37(45)49-29-31-17-19-33(41)35(43)27-31)47-21-15-13-14-16-22-48-40(54(25-11-7-3)26-12-8-4)52-38(46)50-30-32-18-20-34(42)36(44)28-32;/h17-20,27-28H,5-16,21-26,29-30H2,1-4H3,(H3,45,47,49,51)(H3,46,48,50,52);1H. The summed E-state index contributed by atoms with van der Waals surface area (Å²) in [6.45, 7) is 14.6. The number of benzene rings is 2. The molecule has 15 heteroatoms. The number of unbranched alkanes of at least 4 members (excludes halogenated alkanes) is 7. The maximum atomic E-state index is 6.38. The largest absolute Gasteiger partial charge is 0.370 e. The highest BCUT2D eigenvalue weighted by atomic mass is 35.5. The van der Waals surface area contributed by atoms with Crippen LogP contribution in [0.2, 0.25) is 20.1 Å². The minimum absolute atomic E-state index is 0. The van der Waals surface area contributed by atoms with Gasteiger partial charge in [0.2, 0.25) is 11.9 Å². The number of nitrogens with zero attached hydrogens (tertiary/aromatic N) is 6. The zero-order valence-corrected chi connectivity index (χ0v) is 37.2. The number of hydrogen-bond acceptors (Lipinski definition) is 4. The van der Waals surface area contributed by atoms with E-state index in [1.807, 2.05) is 24.3 Å². The molecule has 0 atom stereocenters. The molecular weight excluding hydrogens is 798 g/mol. The molecule has 0 saturated carbocycles. The number of rotatable bonds is 23. The summed E-state index contributed by atoms with van der Waals surface area (Å²) >= 11 is 24.6. The fraction of sp³-hybridized carbons (Fsp3) is 0.600. The molecule has 0 spiro atoms. The second kappa shape index (κ2) is 30.5. The van der Waals surface area contributed by atoms with Gasteiger partial charge in [0.25, 0.3) is 0 Å². The third-order valence-electron chi connectivity index (χ3n) is 8.63. The Hall–Kier alpha value is -2.63. The van der Waals surface area contributed by atoms with Gasteiger partial charge in [0.1, 0.15) is 0 Å². The lowest BCUT2D eigenvalue weighted by molar-refractivity contribution is 0.388. The van der Waals surface area contributed by atoms with Crippen LogP contribution in [0.15, 0.2) is 56.4 Å². The summed E-state index contributed by atoms with van der Waals surface area (Å²) in [4.78, 5) is 23.7. The van der Waals surface area contributed by atoms with Gasteiger partial charge in [-0.1, -0.05) is 125 Å². The van der Waals surface area contributed by atoms with Gasteiger partial charge >= 0.3 is 0 Å². The smallest absolute Gasteiger partial charge is 0.200 e. The first kappa shape index (κ1) is 50.4. The highest BCUT2D eigenvalue weighted by Gasteiger charge is 2.14. The topological polar surface area (TPSA) is 132 Å². The minimum Gasteiger partial charge on any atom is -0.370 e. The first-order valence-electron chi connectivity index (χ1n) is 19.7. The monoisotopic (exact) mass is 860 g/mol. The predicted molar refractivity (Wildman–Crippen MR) is 243 cm³/mol. The van der Waals surface area contributed by atoms with Crippen molar-refractivity contribution >= 4 is 82.6 Å². The van der Waals surface area contributed by atoms with Crippen molar-refractivity contribution in [3.05, 3.63) is 67.6 Å². The van der Waals surface area contributed by atoms with Gasteiger partial charge in [-0.05, 0) is 73.9 Å². The Morgan fingerprint density at radius 3 is 1.16 bits per heavy atom. The summed E-state index contributed by atoms with van der Waals surface area (Å²) in [6.07, 6.45) is 12.7. The highest BCUT2D eigenvalue weighted by molar-refractivity contribution is 6.42. The van der Waals surface area contributed by atoms with E-state index in [-0.39, 0.29) is 12.4 Å². The third-order valence-corrected chi connectivity index (χ3v) is 10.1. The molecule has 0 radical (unpaired) electrons. The molecule has 0 unspecified atom stereocenters. The number of aliphatic imine (C=N–C) groups is 4. The third kappa shape index (κ3) is 21.5. The molecule has 0 bridgehead atoms. The lowest BCUT2D eigenvalue weighted by Gasteiger charge is -2.26. The van der Waals surface area contributed by atoms with Crippen LogP contribution in [-0.2, 0) is 13.1 Å². The molecule has 0 amide bonds. The van der Waals surface area contributed by atoms with Crippen LogP contribution in [0, 0.1) is 0 Å². The minimum atomic E-state index is 0. The van der Waals surface area contributed by atoms with Crippen LogP contribution < -0.4 is 22.1 Å². The van der Waals surface area contributed by atoms with Crippen LogP contribution in [0.1, 0.15) is 116 Å². The average molecular weight is 863 g/mol. The quantitative estimate of drug-likeness (QED) is 0.0500. The Kier molecular flexibility index (Phi) is 27.9. The first-order valence-corrected chi connectivity index (χ1v) is 21.2. The molecule has 0 aliphatic carbocycles. The van der Waals surface area contributed by atoms with E-state index in [1.54, 1.807) is 12.1 Å². The highest BCUT2D eigenvalue weighted by Crippen LogP contribution is 2.24. The van der Waals surface area contributed by atoms with Crippen LogP contribution in [0.5, 0.6) is 0 Å². The lowest BCUT2D eigenvalue weighted by Crippen LogP contribution is -2.48. The molecule has 0 aliphatic heterocycles. The van der Waals surface area contributed by atoms with Gasteiger partial charge in [0.15, 0.2) is 11.9 Å². The summed E-state index contributed by atoms with van der Waals surface area (Å²) in [5.41, 5.74) is 14.6. The first-order chi connectivity index (χ1) is 26.1. The molecule has 310 valence electrons. The molecule has 55 heavy (non-hydrogen) atoms. The molecular formula is C40H65Cl5N10. The molecule has 2 aromatic rings. The molecule has 2 rings (SSSR count). The van der Waals surface area contributed by atoms with E-state index < -0.39 is 0 Å². The fourth-order valence-corrected chi connectivity index (χ4v) is 6.01. The Balaban J connectivity index is 0.0000151. The van der Waals surface area contributed by atoms with E-state index >= 15 is 0 Å². The average Bonchev–Trinajstić information content (AvgIpc) is 3.16. The van der Waals surface area contributed by atoms with Crippen molar-refractivity contribution in [1.82, 2.24) is 20.4 Å². The van der Waals surface area contributed by atoms with E-state index in [2.05, 4.69) is 58.1 Å². The second-order valence-corrected chi connectivity index (χ2v) is 15.0. The fourth-order valence-electron chi connectivity index (χ4n) is 5.36. The number of nitrogens with two attached hydrogens (primary N) is 2. The SMILES string of the molecule is CCCCN(CCCC)C(=NCCCCCCN=C(NC(N)=NCc1ccc(Cl)c(Cl)c1)N(CCCC)CCCC)NC(N)=NCc1ccc(Cl)c(Cl)c1.Cl. The number of nitrogens with one attached hydrogen (secondary N) is 2. The van der Waals surface area contributed by atoms with Crippen molar-refractivity contribution in [3.8, 4) is 0 Å². The number of guanidine groups is 4. The van der Waals surface area contributed by atoms with Crippen molar-refractivity contribution in [2.24, 2.45) is 31.4 Å². The summed E-state index contributed by atoms with van der Waals surface area (Å²) in [5, 5.41) is 8.67. The molecule has 0 saturated heterocycles. The van der Waals surface area contributed by atoms with Crippen LogP contribution in [0.25, 0.3) is 0 Å². The Bertz CT molecular complexity index is 1360. The molecule has 0 fully saturated rings. The Morgan fingerprint density at radius 2 is 0.855 bits per heavy atom. The molecule has 6 N–H and O–H groups in total. The molecule has 10 nitrogen and oxygen atoms in total. The zero-order chi connectivity index (χ0) is 39.6. The van der Waals surface area contributed by atoms with E-state index in [0.717, 1.165) is 126 Å². The van der Waals surface area contributed by atoms with E-state index in [4.69, 9.17) is 67.9 Å². The van der Waals surface area contributed by atoms with E-state index in [9.17, 15) is 0 Å². The normalized spacial score (nSPS) is 12.4. The lowest BCUT2D eigenvalue weighted by atomic mass is 10.2. The van der Waals surface area contributed by atoms with Gasteiger partial charge in [0, 0.05) is 39.3 Å². The zero-order valence-electron chi connectivity index (χ0n) is 33.4. The second-order valence-electron chi connectivity index (χ2n) is 13.4. The van der Waals surface area contributed by atoms with E-state index in [0.29, 0.717) is 58.2 Å². The molecule has 0 aromatic heterocycles.